The second kappa shape index (κ2) is 7.22. The van der Waals surface area contributed by atoms with Crippen LogP contribution in [0, 0.1) is 0 Å². The number of alkyl halides is 3. The Morgan fingerprint density at radius 3 is 2.73 bits per heavy atom. The molecule has 0 aliphatic carbocycles. The molecule has 1 fully saturated rings. The molecule has 1 aromatic carbocycles. The van der Waals surface area contributed by atoms with Crippen molar-refractivity contribution in [3.63, 3.8) is 0 Å². The highest BCUT2D eigenvalue weighted by molar-refractivity contribution is 7.21. The smallest absolute Gasteiger partial charge is 0.465 e. The quantitative estimate of drug-likeness (QED) is 0.752. The summed E-state index contributed by atoms with van der Waals surface area (Å²) >= 11 is 1.21. The van der Waals surface area contributed by atoms with Gasteiger partial charge in [0.25, 0.3) is 0 Å². The van der Waals surface area contributed by atoms with E-state index in [0.717, 1.165) is 15.1 Å². The van der Waals surface area contributed by atoms with E-state index in [-0.39, 0.29) is 19.7 Å². The molecule has 0 saturated carbocycles. The maximum Gasteiger partial charge on any atom is 0.492 e. The molecular formula is C16H14F3NO5S. The van der Waals surface area contributed by atoms with E-state index < -0.39 is 24.2 Å². The molecule has 0 N–H and O–H groups in total. The van der Waals surface area contributed by atoms with Crippen LogP contribution >= 0.6 is 11.3 Å². The van der Waals surface area contributed by atoms with Crippen molar-refractivity contribution < 1.29 is 37.1 Å². The van der Waals surface area contributed by atoms with Crippen LogP contribution in [0.1, 0.15) is 21.3 Å². The molecule has 140 valence electrons. The molecule has 0 bridgehead atoms. The van der Waals surface area contributed by atoms with Crippen LogP contribution in [0.25, 0.3) is 10.1 Å². The number of carbonyl (C=O) groups is 2. The number of hydrogen-bond acceptors (Lipinski definition) is 7. The normalized spacial score (nSPS) is 18.7. The van der Waals surface area contributed by atoms with Gasteiger partial charge in [-0.15, -0.1) is 16.4 Å². The molecule has 0 amide bonds. The lowest BCUT2D eigenvalue weighted by Gasteiger charge is -2.31. The van der Waals surface area contributed by atoms with Gasteiger partial charge in [-0.1, -0.05) is 18.2 Å². The number of carbonyl (C=O) groups excluding carboxylic acids is 2. The molecule has 1 aliphatic heterocycles. The van der Waals surface area contributed by atoms with E-state index in [2.05, 4.69) is 4.84 Å². The van der Waals surface area contributed by atoms with Crippen LogP contribution in [0.15, 0.2) is 24.3 Å². The second-order valence-corrected chi connectivity index (χ2v) is 6.51. The van der Waals surface area contributed by atoms with Crippen molar-refractivity contribution >= 4 is 33.4 Å². The number of rotatable bonds is 3. The molecule has 1 saturated heterocycles. The molecule has 1 aliphatic rings. The first-order chi connectivity index (χ1) is 12.3. The van der Waals surface area contributed by atoms with Crippen LogP contribution in [-0.4, -0.2) is 50.0 Å². The number of morpholine rings is 1. The van der Waals surface area contributed by atoms with Gasteiger partial charge in [0.15, 0.2) is 0 Å². The summed E-state index contributed by atoms with van der Waals surface area (Å²) in [6, 6.07) is 7.20. The van der Waals surface area contributed by atoms with Gasteiger partial charge in [0, 0.05) is 10.3 Å². The SMILES string of the molecule is COC(=O)c1sc2ccccc2c1C1CN(OC(=O)C(F)(F)F)CCO1. The Morgan fingerprint density at radius 2 is 2.04 bits per heavy atom. The average molecular weight is 389 g/mol. The number of hydroxylamine groups is 2. The number of halogens is 3. The zero-order valence-corrected chi connectivity index (χ0v) is 14.4. The van der Waals surface area contributed by atoms with Gasteiger partial charge in [-0.05, 0) is 11.5 Å². The highest BCUT2D eigenvalue weighted by atomic mass is 32.1. The molecule has 10 heteroatoms. The van der Waals surface area contributed by atoms with Gasteiger partial charge < -0.3 is 14.3 Å². The Hall–Kier alpha value is -2.17. The van der Waals surface area contributed by atoms with Crippen molar-refractivity contribution in [2.45, 2.75) is 12.3 Å². The monoisotopic (exact) mass is 389 g/mol. The van der Waals surface area contributed by atoms with Crippen LogP contribution < -0.4 is 0 Å². The van der Waals surface area contributed by atoms with Gasteiger partial charge in [-0.3, -0.25) is 0 Å². The van der Waals surface area contributed by atoms with Gasteiger partial charge in [0.1, 0.15) is 11.0 Å². The standard InChI is InChI=1S/C16H14F3NO5S/c1-23-14(21)13-12(9-4-2-3-5-11(9)26-13)10-8-20(6-7-24-10)25-15(22)16(17,18)19/h2-5,10H,6-8H2,1H3. The van der Waals surface area contributed by atoms with Gasteiger partial charge in [0.2, 0.25) is 0 Å². The van der Waals surface area contributed by atoms with Gasteiger partial charge >= 0.3 is 18.1 Å². The first-order valence-corrected chi connectivity index (χ1v) is 8.38. The molecular weight excluding hydrogens is 375 g/mol. The average Bonchev–Trinajstić information content (AvgIpc) is 3.00. The Kier molecular flexibility index (Phi) is 5.17. The van der Waals surface area contributed by atoms with Crippen LogP contribution in [0.3, 0.4) is 0 Å². The number of hydrogen-bond donors (Lipinski definition) is 0. The topological polar surface area (TPSA) is 65.1 Å². The predicted octanol–water partition coefficient (Wildman–Crippen LogP) is 3.08. The molecule has 0 radical (unpaired) electrons. The number of benzene rings is 1. The van der Waals surface area contributed by atoms with Crippen molar-refractivity contribution in [3.05, 3.63) is 34.7 Å². The molecule has 2 aromatic rings. The Morgan fingerprint density at radius 1 is 1.31 bits per heavy atom. The van der Waals surface area contributed by atoms with E-state index >= 15 is 0 Å². The van der Waals surface area contributed by atoms with E-state index in [1.54, 1.807) is 12.1 Å². The minimum absolute atomic E-state index is 0.00600. The lowest BCUT2D eigenvalue weighted by molar-refractivity contribution is -0.253. The summed E-state index contributed by atoms with van der Waals surface area (Å²) < 4.78 is 48.5. The third-order valence-electron chi connectivity index (χ3n) is 3.80. The third kappa shape index (κ3) is 3.67. The number of ether oxygens (including phenoxy) is 2. The van der Waals surface area contributed by atoms with Crippen molar-refractivity contribution in [2.75, 3.05) is 26.8 Å². The fraction of sp³-hybridized carbons (Fsp3) is 0.375. The number of nitrogens with zero attached hydrogens (tertiary/aromatic N) is 1. The molecule has 1 unspecified atom stereocenters. The molecule has 26 heavy (non-hydrogen) atoms. The minimum Gasteiger partial charge on any atom is -0.465 e. The number of fused-ring (bicyclic) bond motifs is 1. The zero-order valence-electron chi connectivity index (χ0n) is 13.5. The van der Waals surface area contributed by atoms with E-state index in [1.807, 2.05) is 12.1 Å². The zero-order chi connectivity index (χ0) is 18.9. The highest BCUT2D eigenvalue weighted by Gasteiger charge is 2.43. The molecule has 2 heterocycles. The number of thiophene rings is 1. The van der Waals surface area contributed by atoms with E-state index in [4.69, 9.17) is 9.47 Å². The Labute approximate surface area is 150 Å². The fourth-order valence-electron chi connectivity index (χ4n) is 2.68. The lowest BCUT2D eigenvalue weighted by atomic mass is 10.0. The Bertz CT molecular complexity index is 835. The maximum absolute atomic E-state index is 12.4. The third-order valence-corrected chi connectivity index (χ3v) is 4.97. The molecule has 3 rings (SSSR count). The minimum atomic E-state index is -5.08. The summed E-state index contributed by atoms with van der Waals surface area (Å²) in [5, 5.41) is 1.64. The summed E-state index contributed by atoms with van der Waals surface area (Å²) in [7, 11) is 1.25. The largest absolute Gasteiger partial charge is 0.492 e. The molecule has 0 spiro atoms. The first-order valence-electron chi connectivity index (χ1n) is 7.56. The second-order valence-electron chi connectivity index (χ2n) is 5.46. The van der Waals surface area contributed by atoms with Gasteiger partial charge in [-0.2, -0.15) is 13.2 Å². The fourth-order valence-corrected chi connectivity index (χ4v) is 3.85. The highest BCUT2D eigenvalue weighted by Crippen LogP contribution is 2.38. The van der Waals surface area contributed by atoms with Crippen LogP contribution in [0.4, 0.5) is 13.2 Å². The van der Waals surface area contributed by atoms with Gasteiger partial charge in [0.05, 0.1) is 26.8 Å². The molecule has 1 atom stereocenters. The van der Waals surface area contributed by atoms with E-state index in [9.17, 15) is 22.8 Å². The van der Waals surface area contributed by atoms with Crippen LogP contribution in [0.5, 0.6) is 0 Å². The predicted molar refractivity (Wildman–Crippen MR) is 85.6 cm³/mol. The van der Waals surface area contributed by atoms with Crippen molar-refractivity contribution in [1.29, 1.82) is 0 Å². The summed E-state index contributed by atoms with van der Waals surface area (Å²) in [5.74, 6) is -2.85. The van der Waals surface area contributed by atoms with Crippen LogP contribution in [0.2, 0.25) is 0 Å². The summed E-state index contributed by atoms with van der Waals surface area (Å²) in [6.07, 6.45) is -5.82. The summed E-state index contributed by atoms with van der Waals surface area (Å²) in [5.41, 5.74) is 0.519. The van der Waals surface area contributed by atoms with Crippen molar-refractivity contribution in [2.24, 2.45) is 0 Å². The van der Waals surface area contributed by atoms with Crippen LogP contribution in [-0.2, 0) is 19.1 Å². The first kappa shape index (κ1) is 18.6. The van der Waals surface area contributed by atoms with Crippen molar-refractivity contribution in [3.8, 4) is 0 Å². The van der Waals surface area contributed by atoms with Gasteiger partial charge in [-0.25, -0.2) is 9.59 Å². The van der Waals surface area contributed by atoms with E-state index in [0.29, 0.717) is 10.4 Å². The molecule has 6 nitrogen and oxygen atoms in total. The maximum atomic E-state index is 12.4. The number of methoxy groups -OCH3 is 1. The molecule has 1 aromatic heterocycles. The van der Waals surface area contributed by atoms with Crippen molar-refractivity contribution in [1.82, 2.24) is 5.06 Å². The lowest BCUT2D eigenvalue weighted by Crippen LogP contribution is -2.42. The Balaban J connectivity index is 1.90. The number of esters is 1. The van der Waals surface area contributed by atoms with E-state index in [1.165, 1.54) is 18.4 Å². The summed E-state index contributed by atoms with van der Waals surface area (Å²) in [6.45, 7) is -0.0962. The summed E-state index contributed by atoms with van der Waals surface area (Å²) in [4.78, 5) is 27.9.